The Bertz CT molecular complexity index is 1200. The first kappa shape index (κ1) is 21.9. The monoisotopic (exact) mass is 474 g/mol. The van der Waals surface area contributed by atoms with Crippen LogP contribution in [-0.4, -0.2) is 43.2 Å². The number of anilines is 1. The highest BCUT2D eigenvalue weighted by Gasteiger charge is 2.29. The SMILES string of the molecule is COc1ccc(-c2nc(NC(=O)c3ccccc3S[C@@H]3CCS(=O)(=O)C3)sc2C)cc1. The lowest BCUT2D eigenvalue weighted by molar-refractivity contribution is 0.102. The van der Waals surface area contributed by atoms with Gasteiger partial charge in [0.1, 0.15) is 5.75 Å². The third-order valence-corrected chi connectivity index (χ3v) is 9.21. The number of sulfone groups is 1. The van der Waals surface area contributed by atoms with E-state index in [9.17, 15) is 13.2 Å². The van der Waals surface area contributed by atoms with Crippen molar-refractivity contribution in [1.82, 2.24) is 4.98 Å². The van der Waals surface area contributed by atoms with Gasteiger partial charge >= 0.3 is 0 Å². The van der Waals surface area contributed by atoms with Crippen molar-refractivity contribution in [3.63, 3.8) is 0 Å². The van der Waals surface area contributed by atoms with Crippen molar-refractivity contribution in [3.8, 4) is 17.0 Å². The predicted octanol–water partition coefficient (Wildman–Crippen LogP) is 4.66. The average Bonchev–Trinajstić information content (AvgIpc) is 3.29. The van der Waals surface area contributed by atoms with Gasteiger partial charge in [-0.2, -0.15) is 0 Å². The number of rotatable bonds is 6. The second kappa shape index (κ2) is 9.02. The van der Waals surface area contributed by atoms with Crippen molar-refractivity contribution in [2.75, 3.05) is 23.9 Å². The lowest BCUT2D eigenvalue weighted by Crippen LogP contribution is -2.14. The van der Waals surface area contributed by atoms with Crippen LogP contribution in [-0.2, 0) is 9.84 Å². The van der Waals surface area contributed by atoms with Crippen LogP contribution in [0.15, 0.2) is 53.4 Å². The van der Waals surface area contributed by atoms with Crippen molar-refractivity contribution in [2.45, 2.75) is 23.5 Å². The fourth-order valence-corrected chi connectivity index (χ4v) is 7.88. The van der Waals surface area contributed by atoms with Crippen LogP contribution in [0.2, 0.25) is 0 Å². The Labute approximate surface area is 190 Å². The lowest BCUT2D eigenvalue weighted by atomic mass is 10.1. The van der Waals surface area contributed by atoms with Gasteiger partial charge < -0.3 is 4.74 Å². The van der Waals surface area contributed by atoms with E-state index >= 15 is 0 Å². The molecule has 3 aromatic rings. The van der Waals surface area contributed by atoms with E-state index in [-0.39, 0.29) is 22.7 Å². The van der Waals surface area contributed by atoms with Gasteiger partial charge in [-0.1, -0.05) is 12.1 Å². The van der Waals surface area contributed by atoms with Crippen molar-refractivity contribution < 1.29 is 17.9 Å². The van der Waals surface area contributed by atoms with Crippen LogP contribution in [0.5, 0.6) is 5.75 Å². The summed E-state index contributed by atoms with van der Waals surface area (Å²) in [5.74, 6) is 0.893. The maximum Gasteiger partial charge on any atom is 0.258 e. The van der Waals surface area contributed by atoms with E-state index in [1.165, 1.54) is 23.1 Å². The number of carbonyl (C=O) groups excluding carboxylic acids is 1. The number of aryl methyl sites for hydroxylation is 1. The highest BCUT2D eigenvalue weighted by molar-refractivity contribution is 8.02. The molecule has 6 nitrogen and oxygen atoms in total. The summed E-state index contributed by atoms with van der Waals surface area (Å²) in [6, 6.07) is 14.9. The standard InChI is InChI=1S/C22H22N2O4S3/c1-14-20(15-7-9-16(28-2)10-8-15)23-22(29-14)24-21(25)18-5-3-4-6-19(18)30-17-11-12-31(26,27)13-17/h3-10,17H,11-13H2,1-2H3,(H,23,24,25)/t17-/m1/s1. The number of nitrogens with one attached hydrogen (secondary N) is 1. The molecule has 1 aliphatic rings. The molecule has 1 saturated heterocycles. The van der Waals surface area contributed by atoms with Gasteiger partial charge in [-0.15, -0.1) is 23.1 Å². The summed E-state index contributed by atoms with van der Waals surface area (Å²) < 4.78 is 28.7. The minimum atomic E-state index is -2.97. The Morgan fingerprint density at radius 1 is 1.19 bits per heavy atom. The molecule has 1 amide bonds. The summed E-state index contributed by atoms with van der Waals surface area (Å²) in [4.78, 5) is 19.4. The quantitative estimate of drug-likeness (QED) is 0.559. The Morgan fingerprint density at radius 3 is 2.61 bits per heavy atom. The average molecular weight is 475 g/mol. The third kappa shape index (κ3) is 5.11. The van der Waals surface area contributed by atoms with E-state index in [2.05, 4.69) is 10.3 Å². The molecule has 1 atom stereocenters. The molecule has 162 valence electrons. The second-order valence-electron chi connectivity index (χ2n) is 7.25. The molecule has 0 radical (unpaired) electrons. The minimum Gasteiger partial charge on any atom is -0.497 e. The van der Waals surface area contributed by atoms with Gasteiger partial charge in [0.05, 0.1) is 29.9 Å². The van der Waals surface area contributed by atoms with E-state index < -0.39 is 9.84 Å². The zero-order valence-electron chi connectivity index (χ0n) is 17.1. The summed E-state index contributed by atoms with van der Waals surface area (Å²) in [5.41, 5.74) is 2.30. The molecule has 0 unspecified atom stereocenters. The molecule has 1 N–H and O–H groups in total. The predicted molar refractivity (Wildman–Crippen MR) is 126 cm³/mol. The van der Waals surface area contributed by atoms with E-state index in [0.29, 0.717) is 17.1 Å². The van der Waals surface area contributed by atoms with Crippen LogP contribution in [0.4, 0.5) is 5.13 Å². The molecule has 0 saturated carbocycles. The smallest absolute Gasteiger partial charge is 0.258 e. The van der Waals surface area contributed by atoms with E-state index in [4.69, 9.17) is 4.74 Å². The first-order valence-electron chi connectivity index (χ1n) is 9.74. The molecule has 31 heavy (non-hydrogen) atoms. The number of aromatic nitrogens is 1. The molecule has 1 aromatic heterocycles. The van der Waals surface area contributed by atoms with Gasteiger partial charge in [0.25, 0.3) is 5.91 Å². The molecule has 4 rings (SSSR count). The highest BCUT2D eigenvalue weighted by Crippen LogP contribution is 2.35. The van der Waals surface area contributed by atoms with E-state index in [0.717, 1.165) is 26.8 Å². The number of hydrogen-bond donors (Lipinski definition) is 1. The van der Waals surface area contributed by atoms with Crippen molar-refractivity contribution in [3.05, 3.63) is 59.0 Å². The van der Waals surface area contributed by atoms with Crippen molar-refractivity contribution in [1.29, 1.82) is 0 Å². The molecule has 9 heteroatoms. The largest absolute Gasteiger partial charge is 0.497 e. The van der Waals surface area contributed by atoms with Gasteiger partial charge in [-0.25, -0.2) is 13.4 Å². The third-order valence-electron chi connectivity index (χ3n) is 5.00. The van der Waals surface area contributed by atoms with Crippen molar-refractivity contribution in [2.24, 2.45) is 0 Å². The van der Waals surface area contributed by atoms with Crippen molar-refractivity contribution >= 4 is 44.0 Å². The zero-order chi connectivity index (χ0) is 22.0. The number of ether oxygens (including phenoxy) is 1. The van der Waals surface area contributed by atoms with Crippen LogP contribution in [0.3, 0.4) is 0 Å². The summed E-state index contributed by atoms with van der Waals surface area (Å²) in [7, 11) is -1.34. The molecule has 0 aliphatic carbocycles. The fraction of sp³-hybridized carbons (Fsp3) is 0.273. The lowest BCUT2D eigenvalue weighted by Gasteiger charge is -2.12. The maximum atomic E-state index is 13.0. The second-order valence-corrected chi connectivity index (χ2v) is 12.0. The Balaban J connectivity index is 1.51. The molecular formula is C22H22N2O4S3. The number of nitrogens with zero attached hydrogens (tertiary/aromatic N) is 1. The number of thioether (sulfide) groups is 1. The normalized spacial score (nSPS) is 17.4. The number of amides is 1. The number of carbonyl (C=O) groups is 1. The molecule has 1 fully saturated rings. The van der Waals surface area contributed by atoms with Crippen LogP contribution >= 0.6 is 23.1 Å². The van der Waals surface area contributed by atoms with Crippen LogP contribution < -0.4 is 10.1 Å². The van der Waals surface area contributed by atoms with Crippen LogP contribution in [0, 0.1) is 6.92 Å². The zero-order valence-corrected chi connectivity index (χ0v) is 19.6. The molecule has 2 heterocycles. The van der Waals surface area contributed by atoms with Gasteiger partial charge in [0.15, 0.2) is 15.0 Å². The van der Waals surface area contributed by atoms with Gasteiger partial charge in [0.2, 0.25) is 0 Å². The topological polar surface area (TPSA) is 85.4 Å². The highest BCUT2D eigenvalue weighted by atomic mass is 32.2. The first-order chi connectivity index (χ1) is 14.8. The van der Waals surface area contributed by atoms with Gasteiger partial charge in [-0.3, -0.25) is 10.1 Å². The molecular weight excluding hydrogens is 452 g/mol. The van der Waals surface area contributed by atoms with Crippen LogP contribution in [0.25, 0.3) is 11.3 Å². The first-order valence-corrected chi connectivity index (χ1v) is 13.3. The Hall–Kier alpha value is -2.36. The molecule has 0 bridgehead atoms. The van der Waals surface area contributed by atoms with Gasteiger partial charge in [0, 0.05) is 20.6 Å². The maximum absolute atomic E-state index is 13.0. The minimum absolute atomic E-state index is 0.0252. The van der Waals surface area contributed by atoms with E-state index in [1.54, 1.807) is 19.2 Å². The molecule has 2 aromatic carbocycles. The number of methoxy groups -OCH3 is 1. The Kier molecular flexibility index (Phi) is 6.36. The number of thiazole rings is 1. The summed E-state index contributed by atoms with van der Waals surface area (Å²) in [6.07, 6.45) is 0.611. The summed E-state index contributed by atoms with van der Waals surface area (Å²) in [6.45, 7) is 1.97. The fourth-order valence-electron chi connectivity index (χ4n) is 3.42. The Morgan fingerprint density at radius 2 is 1.94 bits per heavy atom. The van der Waals surface area contributed by atoms with E-state index in [1.807, 2.05) is 43.3 Å². The van der Waals surface area contributed by atoms with Crippen LogP contribution in [0.1, 0.15) is 21.7 Å². The summed E-state index contributed by atoms with van der Waals surface area (Å²) in [5, 5.41) is 3.40. The molecule has 0 spiro atoms. The van der Waals surface area contributed by atoms with Gasteiger partial charge in [-0.05, 0) is 49.7 Å². The number of benzene rings is 2. The molecule has 1 aliphatic heterocycles. The number of hydrogen-bond acceptors (Lipinski definition) is 7. The summed E-state index contributed by atoms with van der Waals surface area (Å²) >= 11 is 2.88.